The second-order valence-electron chi connectivity index (χ2n) is 2.63. The second-order valence-corrected chi connectivity index (χ2v) is 3.58. The predicted molar refractivity (Wildman–Crippen MR) is 46.7 cm³/mol. The second kappa shape index (κ2) is 3.83. The van der Waals surface area contributed by atoms with Gasteiger partial charge in [0, 0.05) is 5.38 Å². The highest BCUT2D eigenvalue weighted by Crippen LogP contribution is 2.20. The number of aromatic nitrogens is 1. The third kappa shape index (κ3) is 2.01. The van der Waals surface area contributed by atoms with Crippen LogP contribution in [0.4, 0.5) is 0 Å². The molecule has 1 atom stereocenters. The molecule has 1 N–H and O–H groups in total. The first kappa shape index (κ1) is 8.68. The third-order valence-electron chi connectivity index (χ3n) is 1.82. The Labute approximate surface area is 70.9 Å². The van der Waals surface area contributed by atoms with Crippen LogP contribution in [0.3, 0.4) is 0 Å². The summed E-state index contributed by atoms with van der Waals surface area (Å²) in [6, 6.07) is 0. The van der Waals surface area contributed by atoms with Gasteiger partial charge in [0.05, 0.1) is 12.3 Å². The molecule has 0 saturated heterocycles. The third-order valence-corrected chi connectivity index (χ3v) is 2.67. The average Bonchev–Trinajstić information content (AvgIpc) is 2.50. The maximum absolute atomic E-state index is 8.75. The Kier molecular flexibility index (Phi) is 3.02. The molecule has 0 fully saturated rings. The Morgan fingerprint density at radius 1 is 1.73 bits per heavy atom. The van der Waals surface area contributed by atoms with Gasteiger partial charge in [-0.15, -0.1) is 11.3 Å². The minimum Gasteiger partial charge on any atom is -0.389 e. The number of aliphatic hydroxyl groups excluding tert-OH is 1. The molecule has 11 heavy (non-hydrogen) atoms. The van der Waals surface area contributed by atoms with Crippen molar-refractivity contribution in [1.29, 1.82) is 0 Å². The van der Waals surface area contributed by atoms with Crippen LogP contribution in [-0.4, -0.2) is 10.1 Å². The molecule has 1 rings (SSSR count). The molecule has 0 aliphatic rings. The van der Waals surface area contributed by atoms with Crippen LogP contribution < -0.4 is 0 Å². The highest BCUT2D eigenvalue weighted by Gasteiger charge is 2.06. The van der Waals surface area contributed by atoms with E-state index in [1.807, 2.05) is 5.38 Å². The molecule has 0 aliphatic carbocycles. The molecular formula is C8H13NOS. The van der Waals surface area contributed by atoms with Crippen molar-refractivity contribution in [2.24, 2.45) is 0 Å². The number of hydrogen-bond acceptors (Lipinski definition) is 3. The van der Waals surface area contributed by atoms with Gasteiger partial charge in [0.2, 0.25) is 0 Å². The first-order chi connectivity index (χ1) is 5.27. The number of aliphatic hydroxyl groups is 1. The van der Waals surface area contributed by atoms with E-state index in [1.54, 1.807) is 0 Å². The lowest BCUT2D eigenvalue weighted by Crippen LogP contribution is -1.91. The molecule has 62 valence electrons. The van der Waals surface area contributed by atoms with Crippen LogP contribution in [-0.2, 0) is 6.61 Å². The van der Waals surface area contributed by atoms with Crippen LogP contribution in [0.1, 0.15) is 36.9 Å². The summed E-state index contributed by atoms with van der Waals surface area (Å²) in [5, 5.41) is 11.6. The molecule has 1 aromatic heterocycles. The van der Waals surface area contributed by atoms with E-state index in [0.29, 0.717) is 5.92 Å². The van der Waals surface area contributed by atoms with E-state index in [2.05, 4.69) is 18.8 Å². The predicted octanol–water partition coefficient (Wildman–Crippen LogP) is 2.15. The zero-order chi connectivity index (χ0) is 8.27. The van der Waals surface area contributed by atoms with E-state index in [1.165, 1.54) is 11.3 Å². The summed E-state index contributed by atoms with van der Waals surface area (Å²) < 4.78 is 0. The summed E-state index contributed by atoms with van der Waals surface area (Å²) in [6.45, 7) is 4.36. The van der Waals surface area contributed by atoms with Gasteiger partial charge in [-0.2, -0.15) is 0 Å². The lowest BCUT2D eigenvalue weighted by atomic mass is 10.1. The summed E-state index contributed by atoms with van der Waals surface area (Å²) in [7, 11) is 0. The van der Waals surface area contributed by atoms with Crippen molar-refractivity contribution in [3.8, 4) is 0 Å². The first-order valence-corrected chi connectivity index (χ1v) is 4.71. The van der Waals surface area contributed by atoms with Crippen molar-refractivity contribution in [2.45, 2.75) is 32.8 Å². The number of thiazole rings is 1. The summed E-state index contributed by atoms with van der Waals surface area (Å²) in [5.74, 6) is 0.520. The molecule has 0 bridgehead atoms. The Balaban J connectivity index is 2.71. The monoisotopic (exact) mass is 171 g/mol. The Morgan fingerprint density at radius 2 is 2.45 bits per heavy atom. The summed E-state index contributed by atoms with van der Waals surface area (Å²) in [5.41, 5.74) is 1.11. The summed E-state index contributed by atoms with van der Waals surface area (Å²) >= 11 is 1.53. The van der Waals surface area contributed by atoms with E-state index in [-0.39, 0.29) is 6.61 Å². The van der Waals surface area contributed by atoms with Crippen LogP contribution in [0.2, 0.25) is 0 Å². The SMILES string of the molecule is CCC(C)c1csc(CO)n1. The molecule has 2 nitrogen and oxygen atoms in total. The van der Waals surface area contributed by atoms with E-state index < -0.39 is 0 Å². The minimum atomic E-state index is 0.0705. The van der Waals surface area contributed by atoms with E-state index in [4.69, 9.17) is 5.11 Å². The average molecular weight is 171 g/mol. The Hall–Kier alpha value is -0.410. The molecule has 3 heteroatoms. The van der Waals surface area contributed by atoms with E-state index in [0.717, 1.165) is 17.1 Å². The summed E-state index contributed by atoms with van der Waals surface area (Å²) in [6.07, 6.45) is 1.11. The molecular weight excluding hydrogens is 158 g/mol. The van der Waals surface area contributed by atoms with Crippen molar-refractivity contribution >= 4 is 11.3 Å². The zero-order valence-electron chi connectivity index (χ0n) is 6.87. The Morgan fingerprint density at radius 3 is 2.91 bits per heavy atom. The van der Waals surface area contributed by atoms with Gasteiger partial charge in [0.15, 0.2) is 0 Å². The fourth-order valence-corrected chi connectivity index (χ4v) is 1.61. The van der Waals surface area contributed by atoms with Gasteiger partial charge in [0.1, 0.15) is 5.01 Å². The maximum atomic E-state index is 8.75. The van der Waals surface area contributed by atoms with Crippen molar-refractivity contribution < 1.29 is 5.11 Å². The fourth-order valence-electron chi connectivity index (χ4n) is 0.833. The quantitative estimate of drug-likeness (QED) is 0.756. The van der Waals surface area contributed by atoms with Crippen molar-refractivity contribution in [3.63, 3.8) is 0 Å². The van der Waals surface area contributed by atoms with Crippen LogP contribution in [0.15, 0.2) is 5.38 Å². The molecule has 1 heterocycles. The normalized spacial score (nSPS) is 13.4. The number of rotatable bonds is 3. The van der Waals surface area contributed by atoms with E-state index >= 15 is 0 Å². The lowest BCUT2D eigenvalue weighted by Gasteiger charge is -2.01. The van der Waals surface area contributed by atoms with Crippen molar-refractivity contribution in [1.82, 2.24) is 4.98 Å². The number of nitrogens with zero attached hydrogens (tertiary/aromatic N) is 1. The molecule has 0 saturated carbocycles. The summed E-state index contributed by atoms with van der Waals surface area (Å²) in [4.78, 5) is 4.27. The minimum absolute atomic E-state index is 0.0705. The smallest absolute Gasteiger partial charge is 0.118 e. The topological polar surface area (TPSA) is 33.1 Å². The Bertz CT molecular complexity index is 222. The molecule has 0 radical (unpaired) electrons. The van der Waals surface area contributed by atoms with Gasteiger partial charge in [-0.1, -0.05) is 13.8 Å². The largest absolute Gasteiger partial charge is 0.389 e. The highest BCUT2D eigenvalue weighted by atomic mass is 32.1. The zero-order valence-corrected chi connectivity index (χ0v) is 7.69. The van der Waals surface area contributed by atoms with Crippen molar-refractivity contribution in [2.75, 3.05) is 0 Å². The molecule has 0 spiro atoms. The molecule has 1 aromatic rings. The lowest BCUT2D eigenvalue weighted by molar-refractivity contribution is 0.281. The van der Waals surface area contributed by atoms with Gasteiger partial charge in [-0.05, 0) is 12.3 Å². The van der Waals surface area contributed by atoms with Crippen LogP contribution in [0.5, 0.6) is 0 Å². The first-order valence-electron chi connectivity index (χ1n) is 3.83. The molecule has 1 unspecified atom stereocenters. The molecule has 0 amide bonds. The van der Waals surface area contributed by atoms with Crippen LogP contribution >= 0.6 is 11.3 Å². The molecule has 0 aromatic carbocycles. The van der Waals surface area contributed by atoms with Gasteiger partial charge in [0.25, 0.3) is 0 Å². The van der Waals surface area contributed by atoms with Crippen LogP contribution in [0.25, 0.3) is 0 Å². The van der Waals surface area contributed by atoms with E-state index in [9.17, 15) is 0 Å². The van der Waals surface area contributed by atoms with Gasteiger partial charge in [-0.3, -0.25) is 0 Å². The van der Waals surface area contributed by atoms with Gasteiger partial charge >= 0.3 is 0 Å². The maximum Gasteiger partial charge on any atom is 0.118 e. The standard InChI is InChI=1S/C8H13NOS/c1-3-6(2)7-5-11-8(4-10)9-7/h5-6,10H,3-4H2,1-2H3. The number of hydrogen-bond donors (Lipinski definition) is 1. The van der Waals surface area contributed by atoms with Crippen LogP contribution in [0, 0.1) is 0 Å². The van der Waals surface area contributed by atoms with Gasteiger partial charge < -0.3 is 5.11 Å². The fraction of sp³-hybridized carbons (Fsp3) is 0.625. The molecule has 0 aliphatic heterocycles. The van der Waals surface area contributed by atoms with Crippen molar-refractivity contribution in [3.05, 3.63) is 16.1 Å². The highest BCUT2D eigenvalue weighted by molar-refractivity contribution is 7.09. The van der Waals surface area contributed by atoms with Gasteiger partial charge in [-0.25, -0.2) is 4.98 Å².